The van der Waals surface area contributed by atoms with Crippen molar-refractivity contribution in [3.63, 3.8) is 0 Å². The van der Waals surface area contributed by atoms with Crippen LogP contribution in [0.25, 0.3) is 0 Å². The first-order valence-electron chi connectivity index (χ1n) is 6.95. The van der Waals surface area contributed by atoms with Crippen LogP contribution in [0.2, 0.25) is 0 Å². The van der Waals surface area contributed by atoms with Gasteiger partial charge in [-0.15, -0.1) is 12.4 Å². The first-order valence-corrected chi connectivity index (χ1v) is 6.95. The molecule has 0 bridgehead atoms. The Bertz CT molecular complexity index is 608. The molecule has 0 saturated heterocycles. The van der Waals surface area contributed by atoms with Crippen molar-refractivity contribution >= 4 is 24.2 Å². The molecule has 0 fully saturated rings. The number of hydrogen-bond acceptors (Lipinski definition) is 3. The fourth-order valence-electron chi connectivity index (χ4n) is 1.88. The quantitative estimate of drug-likeness (QED) is 0.741. The summed E-state index contributed by atoms with van der Waals surface area (Å²) in [4.78, 5) is 23.9. The lowest BCUT2D eigenvalue weighted by Gasteiger charge is -2.30. The Morgan fingerprint density at radius 1 is 1.17 bits per heavy atom. The molecule has 136 valence electrons. The molecule has 0 spiro atoms. The molecular weight excluding hydrogens is 347 g/mol. The second-order valence-corrected chi connectivity index (χ2v) is 5.70. The third-order valence-corrected chi connectivity index (χ3v) is 3.84. The summed E-state index contributed by atoms with van der Waals surface area (Å²) in [5.74, 6) is -2.18. The lowest BCUT2D eigenvalue weighted by atomic mass is 9.88. The van der Waals surface area contributed by atoms with Crippen molar-refractivity contribution < 1.29 is 22.8 Å². The van der Waals surface area contributed by atoms with Crippen molar-refractivity contribution in [2.45, 2.75) is 38.5 Å². The number of amides is 2. The lowest BCUT2D eigenvalue weighted by molar-refractivity contribution is -0.138. The van der Waals surface area contributed by atoms with E-state index in [1.54, 1.807) is 13.8 Å². The molecule has 0 aliphatic heterocycles. The van der Waals surface area contributed by atoms with Crippen molar-refractivity contribution in [2.24, 2.45) is 17.4 Å². The third kappa shape index (κ3) is 4.85. The maximum absolute atomic E-state index is 12.8. The van der Waals surface area contributed by atoms with Gasteiger partial charge in [0.15, 0.2) is 0 Å². The number of nitrogens with one attached hydrogen (secondary N) is 1. The summed E-state index contributed by atoms with van der Waals surface area (Å²) in [6, 6.07) is 3.63. The molecule has 2 amide bonds. The van der Waals surface area contributed by atoms with Gasteiger partial charge in [-0.2, -0.15) is 13.2 Å². The smallest absolute Gasteiger partial charge is 0.367 e. The largest absolute Gasteiger partial charge is 0.416 e. The predicted molar refractivity (Wildman–Crippen MR) is 86.2 cm³/mol. The molecule has 3 atom stereocenters. The molecule has 1 aromatic rings. The zero-order valence-electron chi connectivity index (χ0n) is 13.5. The number of halogens is 4. The monoisotopic (exact) mass is 367 g/mol. The molecule has 24 heavy (non-hydrogen) atoms. The molecule has 0 aliphatic carbocycles. The molecule has 3 unspecified atom stereocenters. The minimum absolute atomic E-state index is 0. The van der Waals surface area contributed by atoms with Crippen molar-refractivity contribution in [1.82, 2.24) is 5.32 Å². The van der Waals surface area contributed by atoms with E-state index < -0.39 is 41.1 Å². The fraction of sp³-hybridized carbons (Fsp3) is 0.467. The van der Waals surface area contributed by atoms with Crippen LogP contribution in [0.15, 0.2) is 24.3 Å². The highest BCUT2D eigenvalue weighted by molar-refractivity contribution is 5.92. The molecule has 5 nitrogen and oxygen atoms in total. The van der Waals surface area contributed by atoms with Crippen LogP contribution in [0.4, 0.5) is 13.2 Å². The van der Waals surface area contributed by atoms with E-state index in [1.807, 2.05) is 0 Å². The Labute approximate surface area is 144 Å². The molecular formula is C15H21ClF3N3O2. The Kier molecular flexibility index (Phi) is 7.26. The first-order chi connectivity index (χ1) is 10.4. The van der Waals surface area contributed by atoms with Crippen LogP contribution in [0, 0.1) is 5.92 Å². The molecule has 5 N–H and O–H groups in total. The Morgan fingerprint density at radius 3 is 2.08 bits per heavy atom. The summed E-state index contributed by atoms with van der Waals surface area (Å²) in [7, 11) is 0. The van der Waals surface area contributed by atoms with Gasteiger partial charge in [-0.05, 0) is 31.5 Å². The SMILES string of the molecule is CC(N)C(C)C(=O)NC(C)(C(N)=O)c1cccc(C(F)(F)F)c1.Cl. The van der Waals surface area contributed by atoms with E-state index in [-0.39, 0.29) is 18.0 Å². The summed E-state index contributed by atoms with van der Waals surface area (Å²) >= 11 is 0. The number of primary amides is 1. The van der Waals surface area contributed by atoms with E-state index >= 15 is 0 Å². The van der Waals surface area contributed by atoms with Crippen LogP contribution < -0.4 is 16.8 Å². The molecule has 0 aliphatic rings. The molecule has 0 heterocycles. The number of carbonyl (C=O) groups is 2. The normalized spacial score (nSPS) is 16.3. The van der Waals surface area contributed by atoms with Crippen molar-refractivity contribution in [1.29, 1.82) is 0 Å². The van der Waals surface area contributed by atoms with Gasteiger partial charge in [0.1, 0.15) is 5.54 Å². The Morgan fingerprint density at radius 2 is 1.67 bits per heavy atom. The number of alkyl halides is 3. The van der Waals surface area contributed by atoms with Crippen LogP contribution in [0.5, 0.6) is 0 Å². The second-order valence-electron chi connectivity index (χ2n) is 5.70. The highest BCUT2D eigenvalue weighted by Gasteiger charge is 2.39. The van der Waals surface area contributed by atoms with E-state index in [9.17, 15) is 22.8 Å². The molecule has 0 aromatic heterocycles. The van der Waals surface area contributed by atoms with Gasteiger partial charge in [0, 0.05) is 12.0 Å². The summed E-state index contributed by atoms with van der Waals surface area (Å²) in [6.07, 6.45) is -4.57. The standard InChI is InChI=1S/C15H20F3N3O2.ClH/c1-8(9(2)19)12(22)21-14(3,13(20)23)10-5-4-6-11(7-10)15(16,17)18;/h4-9H,19H2,1-3H3,(H2,20,23)(H,21,22);1H. The van der Waals surface area contributed by atoms with Crippen LogP contribution >= 0.6 is 12.4 Å². The second kappa shape index (κ2) is 7.85. The van der Waals surface area contributed by atoms with E-state index in [0.29, 0.717) is 0 Å². The van der Waals surface area contributed by atoms with Gasteiger partial charge in [0.05, 0.1) is 5.56 Å². The zero-order valence-corrected chi connectivity index (χ0v) is 14.3. The molecule has 0 radical (unpaired) electrons. The van der Waals surface area contributed by atoms with Gasteiger partial charge >= 0.3 is 6.18 Å². The van der Waals surface area contributed by atoms with Gasteiger partial charge in [0.2, 0.25) is 11.8 Å². The average Bonchev–Trinajstić information content (AvgIpc) is 2.45. The number of nitrogens with two attached hydrogens (primary N) is 2. The van der Waals surface area contributed by atoms with Crippen molar-refractivity contribution in [3.05, 3.63) is 35.4 Å². The van der Waals surface area contributed by atoms with Gasteiger partial charge in [0.25, 0.3) is 0 Å². The highest BCUT2D eigenvalue weighted by Crippen LogP contribution is 2.32. The summed E-state index contributed by atoms with van der Waals surface area (Å²) in [6.45, 7) is 4.42. The Balaban J connectivity index is 0.00000529. The summed E-state index contributed by atoms with van der Waals surface area (Å²) in [5.41, 5.74) is 8.19. The van der Waals surface area contributed by atoms with Crippen molar-refractivity contribution in [2.75, 3.05) is 0 Å². The lowest BCUT2D eigenvalue weighted by Crippen LogP contribution is -2.55. The summed E-state index contributed by atoms with van der Waals surface area (Å²) < 4.78 is 38.5. The van der Waals surface area contributed by atoms with Crippen molar-refractivity contribution in [3.8, 4) is 0 Å². The molecule has 9 heteroatoms. The average molecular weight is 368 g/mol. The molecule has 0 saturated carbocycles. The highest BCUT2D eigenvalue weighted by atomic mass is 35.5. The van der Waals surface area contributed by atoms with Crippen LogP contribution in [0.3, 0.4) is 0 Å². The van der Waals surface area contributed by atoms with Crippen LogP contribution in [-0.2, 0) is 21.3 Å². The maximum atomic E-state index is 12.8. The summed E-state index contributed by atoms with van der Waals surface area (Å²) in [5, 5.41) is 2.41. The number of rotatable bonds is 5. The van der Waals surface area contributed by atoms with E-state index in [4.69, 9.17) is 11.5 Å². The Hall–Kier alpha value is -1.80. The minimum Gasteiger partial charge on any atom is -0.367 e. The number of hydrogen-bond donors (Lipinski definition) is 3. The number of carbonyl (C=O) groups excluding carboxylic acids is 2. The minimum atomic E-state index is -4.57. The van der Waals surface area contributed by atoms with Gasteiger partial charge in [-0.25, -0.2) is 0 Å². The van der Waals surface area contributed by atoms with E-state index in [1.165, 1.54) is 13.0 Å². The molecule has 1 rings (SSSR count). The predicted octanol–water partition coefficient (Wildman–Crippen LogP) is 1.93. The van der Waals surface area contributed by atoms with Gasteiger partial charge < -0.3 is 16.8 Å². The number of benzene rings is 1. The topological polar surface area (TPSA) is 98.2 Å². The fourth-order valence-corrected chi connectivity index (χ4v) is 1.88. The zero-order chi connectivity index (χ0) is 18.0. The first kappa shape index (κ1) is 22.2. The molecule has 1 aromatic carbocycles. The van der Waals surface area contributed by atoms with Gasteiger partial charge in [-0.1, -0.05) is 19.1 Å². The van der Waals surface area contributed by atoms with Crippen LogP contribution in [-0.4, -0.2) is 17.9 Å². The van der Waals surface area contributed by atoms with Crippen LogP contribution in [0.1, 0.15) is 31.9 Å². The van der Waals surface area contributed by atoms with Gasteiger partial charge in [-0.3, -0.25) is 9.59 Å². The third-order valence-electron chi connectivity index (χ3n) is 3.84. The van der Waals surface area contributed by atoms with E-state index in [2.05, 4.69) is 5.32 Å². The van der Waals surface area contributed by atoms with E-state index in [0.717, 1.165) is 18.2 Å². The maximum Gasteiger partial charge on any atom is 0.416 e.